The first-order chi connectivity index (χ1) is 11.4. The highest BCUT2D eigenvalue weighted by atomic mass is 15.4. The smallest absolute Gasteiger partial charge is 0.157 e. The van der Waals surface area contributed by atoms with Crippen molar-refractivity contribution in [1.82, 2.24) is 14.6 Å². The summed E-state index contributed by atoms with van der Waals surface area (Å²) in [4.78, 5) is 7.37. The van der Waals surface area contributed by atoms with Gasteiger partial charge in [0.1, 0.15) is 5.82 Å². The van der Waals surface area contributed by atoms with Gasteiger partial charge in [0.2, 0.25) is 0 Å². The van der Waals surface area contributed by atoms with Crippen molar-refractivity contribution in [2.45, 2.75) is 31.7 Å². The lowest BCUT2D eigenvalue weighted by Gasteiger charge is -2.27. The van der Waals surface area contributed by atoms with Crippen LogP contribution in [0.1, 0.15) is 25.7 Å². The Morgan fingerprint density at radius 3 is 2.83 bits per heavy atom. The molecule has 2 aliphatic rings. The highest BCUT2D eigenvalue weighted by Gasteiger charge is 2.36. The van der Waals surface area contributed by atoms with Crippen molar-refractivity contribution in [2.24, 2.45) is 5.92 Å². The third kappa shape index (κ3) is 2.12. The van der Waals surface area contributed by atoms with Crippen LogP contribution in [0.4, 0.5) is 5.82 Å². The molecule has 4 heteroatoms. The predicted molar refractivity (Wildman–Crippen MR) is 91.5 cm³/mol. The molecule has 2 bridgehead atoms. The van der Waals surface area contributed by atoms with E-state index in [1.165, 1.54) is 37.1 Å². The van der Waals surface area contributed by atoms with Crippen LogP contribution in [0.15, 0.2) is 48.7 Å². The number of anilines is 1. The number of fused-ring (bicyclic) bond motifs is 3. The molecule has 116 valence electrons. The molecule has 1 aliphatic carbocycles. The van der Waals surface area contributed by atoms with Crippen LogP contribution in [-0.2, 0) is 0 Å². The summed E-state index contributed by atoms with van der Waals surface area (Å²) in [5, 5.41) is 4.52. The van der Waals surface area contributed by atoms with E-state index in [4.69, 9.17) is 4.98 Å². The van der Waals surface area contributed by atoms with E-state index in [2.05, 4.69) is 40.3 Å². The zero-order valence-electron chi connectivity index (χ0n) is 13.1. The van der Waals surface area contributed by atoms with Crippen LogP contribution in [-0.4, -0.2) is 27.2 Å². The fraction of sp³-hybridized carbons (Fsp3) is 0.368. The van der Waals surface area contributed by atoms with E-state index >= 15 is 0 Å². The fourth-order valence-electron chi connectivity index (χ4n) is 4.28. The molecule has 1 saturated carbocycles. The summed E-state index contributed by atoms with van der Waals surface area (Å²) in [7, 11) is 0. The van der Waals surface area contributed by atoms with Crippen LogP contribution in [0, 0.1) is 5.92 Å². The molecule has 0 amide bonds. The topological polar surface area (TPSA) is 33.4 Å². The molecule has 2 fully saturated rings. The highest BCUT2D eigenvalue weighted by Crippen LogP contribution is 2.39. The van der Waals surface area contributed by atoms with Gasteiger partial charge in [0.05, 0.1) is 11.9 Å². The van der Waals surface area contributed by atoms with Gasteiger partial charge >= 0.3 is 0 Å². The molecule has 23 heavy (non-hydrogen) atoms. The van der Waals surface area contributed by atoms with E-state index in [9.17, 15) is 0 Å². The molecule has 3 heterocycles. The van der Waals surface area contributed by atoms with Gasteiger partial charge in [-0.05, 0) is 25.2 Å². The van der Waals surface area contributed by atoms with Gasteiger partial charge in [-0.25, -0.2) is 4.98 Å². The Labute approximate surface area is 135 Å². The van der Waals surface area contributed by atoms with E-state index in [0.29, 0.717) is 6.04 Å². The van der Waals surface area contributed by atoms with Crippen LogP contribution < -0.4 is 4.90 Å². The average Bonchev–Trinajstić information content (AvgIpc) is 3.19. The standard InChI is InChI=1S/C19H20N4/c1-2-6-15(7-3-1)17-12-19(23-18(21-17)9-10-20-23)22-13-14-5-4-8-16(22)11-14/h1-3,6-7,9-10,12,14,16H,4-5,8,11,13H2/t14-,16+/m0/s1. The van der Waals surface area contributed by atoms with Gasteiger partial charge in [0.15, 0.2) is 5.65 Å². The van der Waals surface area contributed by atoms with Gasteiger partial charge in [-0.2, -0.15) is 9.61 Å². The first kappa shape index (κ1) is 13.1. The molecule has 0 spiro atoms. The Kier molecular flexibility index (Phi) is 2.90. The van der Waals surface area contributed by atoms with E-state index in [-0.39, 0.29) is 0 Å². The minimum Gasteiger partial charge on any atom is -0.353 e. The normalized spacial score (nSPS) is 23.6. The first-order valence-corrected chi connectivity index (χ1v) is 8.55. The summed E-state index contributed by atoms with van der Waals surface area (Å²) in [5.41, 5.74) is 3.14. The number of aromatic nitrogens is 3. The Hall–Kier alpha value is -2.36. The molecule has 3 aromatic rings. The summed E-state index contributed by atoms with van der Waals surface area (Å²) < 4.78 is 2.01. The maximum Gasteiger partial charge on any atom is 0.157 e. The maximum atomic E-state index is 4.80. The molecule has 0 unspecified atom stereocenters. The van der Waals surface area contributed by atoms with Crippen molar-refractivity contribution < 1.29 is 0 Å². The van der Waals surface area contributed by atoms with Crippen molar-refractivity contribution in [1.29, 1.82) is 0 Å². The number of benzene rings is 1. The fourth-order valence-corrected chi connectivity index (χ4v) is 4.28. The van der Waals surface area contributed by atoms with Gasteiger partial charge < -0.3 is 4.90 Å². The molecular formula is C19H20N4. The lowest BCUT2D eigenvalue weighted by molar-refractivity contribution is 0.414. The molecule has 2 atom stereocenters. The van der Waals surface area contributed by atoms with Gasteiger partial charge in [-0.15, -0.1) is 0 Å². The lowest BCUT2D eigenvalue weighted by Crippen LogP contribution is -2.30. The molecule has 5 rings (SSSR count). The summed E-state index contributed by atoms with van der Waals surface area (Å²) in [5.74, 6) is 2.06. The van der Waals surface area contributed by atoms with E-state index in [0.717, 1.165) is 23.8 Å². The quantitative estimate of drug-likeness (QED) is 0.722. The Morgan fingerprint density at radius 1 is 1.04 bits per heavy atom. The molecular weight excluding hydrogens is 284 g/mol. The zero-order valence-corrected chi connectivity index (χ0v) is 13.1. The zero-order chi connectivity index (χ0) is 15.2. The maximum absolute atomic E-state index is 4.80. The van der Waals surface area contributed by atoms with Crippen LogP contribution in [0.3, 0.4) is 0 Å². The first-order valence-electron chi connectivity index (χ1n) is 8.55. The van der Waals surface area contributed by atoms with Gasteiger partial charge in [-0.3, -0.25) is 0 Å². The minimum absolute atomic E-state index is 0.673. The van der Waals surface area contributed by atoms with Crippen LogP contribution in [0.25, 0.3) is 16.9 Å². The van der Waals surface area contributed by atoms with Gasteiger partial charge in [0, 0.05) is 30.3 Å². The molecule has 1 aromatic carbocycles. The predicted octanol–water partition coefficient (Wildman–Crippen LogP) is 3.78. The average molecular weight is 304 g/mol. The monoisotopic (exact) mass is 304 g/mol. The van der Waals surface area contributed by atoms with Crippen molar-refractivity contribution in [2.75, 3.05) is 11.4 Å². The number of nitrogens with zero attached hydrogens (tertiary/aromatic N) is 4. The third-order valence-corrected chi connectivity index (χ3v) is 5.36. The van der Waals surface area contributed by atoms with Crippen LogP contribution in [0.2, 0.25) is 0 Å². The second-order valence-corrected chi connectivity index (χ2v) is 6.81. The second kappa shape index (κ2) is 5.08. The molecule has 0 N–H and O–H groups in total. The largest absolute Gasteiger partial charge is 0.353 e. The van der Waals surface area contributed by atoms with Gasteiger partial charge in [-0.1, -0.05) is 36.8 Å². The minimum atomic E-state index is 0.673. The Balaban J connectivity index is 1.66. The summed E-state index contributed by atoms with van der Waals surface area (Å²) >= 11 is 0. The van der Waals surface area contributed by atoms with Crippen molar-refractivity contribution in [3.05, 3.63) is 48.7 Å². The van der Waals surface area contributed by atoms with Crippen molar-refractivity contribution in [3.8, 4) is 11.3 Å². The molecule has 1 saturated heterocycles. The molecule has 4 nitrogen and oxygen atoms in total. The number of rotatable bonds is 2. The van der Waals surface area contributed by atoms with E-state index < -0.39 is 0 Å². The molecule has 1 aliphatic heterocycles. The summed E-state index contributed by atoms with van der Waals surface area (Å²) in [6, 6.07) is 15.3. The van der Waals surface area contributed by atoms with Gasteiger partial charge in [0.25, 0.3) is 0 Å². The SMILES string of the molecule is c1ccc(-c2cc(N3C[C@H]4CCC[C@@H]3C4)n3nccc3n2)cc1. The van der Waals surface area contributed by atoms with E-state index in [1.807, 2.05) is 22.8 Å². The van der Waals surface area contributed by atoms with Crippen molar-refractivity contribution >= 4 is 11.5 Å². The van der Waals surface area contributed by atoms with E-state index in [1.54, 1.807) is 0 Å². The molecule has 2 aromatic heterocycles. The Morgan fingerprint density at radius 2 is 1.96 bits per heavy atom. The Bertz CT molecular complexity index is 839. The number of hydrogen-bond donors (Lipinski definition) is 0. The number of hydrogen-bond acceptors (Lipinski definition) is 3. The summed E-state index contributed by atoms with van der Waals surface area (Å²) in [6.45, 7) is 1.16. The van der Waals surface area contributed by atoms with Crippen LogP contribution >= 0.6 is 0 Å². The highest BCUT2D eigenvalue weighted by molar-refractivity contribution is 5.67. The summed E-state index contributed by atoms with van der Waals surface area (Å²) in [6.07, 6.45) is 7.24. The van der Waals surface area contributed by atoms with Crippen molar-refractivity contribution in [3.63, 3.8) is 0 Å². The van der Waals surface area contributed by atoms with Crippen LogP contribution in [0.5, 0.6) is 0 Å². The second-order valence-electron chi connectivity index (χ2n) is 6.81. The lowest BCUT2D eigenvalue weighted by atomic mass is 9.90. The third-order valence-electron chi connectivity index (χ3n) is 5.36. The molecule has 0 radical (unpaired) electrons.